The molecule has 1 amide bonds. The monoisotopic (exact) mass is 337 g/mol. The lowest BCUT2D eigenvalue weighted by atomic mass is 10.3. The number of anilines is 1. The Morgan fingerprint density at radius 3 is 2.33 bits per heavy atom. The van der Waals surface area contributed by atoms with Crippen molar-refractivity contribution in [2.75, 3.05) is 46.2 Å². The maximum Gasteiger partial charge on any atom is 0.225 e. The summed E-state index contributed by atoms with van der Waals surface area (Å²) < 4.78 is 5.58. The van der Waals surface area contributed by atoms with Crippen LogP contribution in [0.5, 0.6) is 5.75 Å². The molecule has 0 heterocycles. The number of rotatable bonds is 8. The van der Waals surface area contributed by atoms with E-state index in [4.69, 9.17) is 4.74 Å². The van der Waals surface area contributed by atoms with Crippen molar-refractivity contribution in [1.82, 2.24) is 10.2 Å². The van der Waals surface area contributed by atoms with E-state index in [1.807, 2.05) is 45.4 Å². The summed E-state index contributed by atoms with van der Waals surface area (Å²) in [5.41, 5.74) is 0.793. The van der Waals surface area contributed by atoms with E-state index < -0.39 is 0 Å². The molecule has 2 N–H and O–H groups in total. The van der Waals surface area contributed by atoms with Crippen molar-refractivity contribution in [2.24, 2.45) is 0 Å². The van der Waals surface area contributed by atoms with Gasteiger partial charge in [-0.2, -0.15) is 0 Å². The Labute approximate surface area is 139 Å². The molecular weight excluding hydrogens is 313 g/mol. The molecule has 0 radical (unpaired) electrons. The largest absolute Gasteiger partial charge is 0.492 e. The molecule has 21 heavy (non-hydrogen) atoms. The van der Waals surface area contributed by atoms with Gasteiger partial charge in [-0.05, 0) is 45.4 Å². The maximum absolute atomic E-state index is 11.5. The predicted octanol–water partition coefficient (Wildman–Crippen LogP) is 2.02. The molecule has 0 spiro atoms. The third-order valence-corrected chi connectivity index (χ3v) is 2.55. The number of halogens is 2. The van der Waals surface area contributed by atoms with Crippen LogP contribution in [0.2, 0.25) is 0 Å². The number of ether oxygens (including phenoxy) is 1. The van der Waals surface area contributed by atoms with Crippen molar-refractivity contribution in [3.8, 4) is 5.75 Å². The molecule has 0 aliphatic rings. The molecule has 0 saturated heterocycles. The van der Waals surface area contributed by atoms with E-state index in [1.165, 1.54) is 0 Å². The third kappa shape index (κ3) is 10.4. The zero-order valence-corrected chi connectivity index (χ0v) is 14.4. The molecule has 122 valence electrons. The van der Waals surface area contributed by atoms with Crippen LogP contribution in [0.25, 0.3) is 0 Å². The molecule has 0 atom stereocenters. The summed E-state index contributed by atoms with van der Waals surface area (Å²) in [5.74, 6) is 0.825. The van der Waals surface area contributed by atoms with E-state index in [-0.39, 0.29) is 30.7 Å². The molecule has 0 fully saturated rings. The summed E-state index contributed by atoms with van der Waals surface area (Å²) in [5, 5.41) is 5.78. The fraction of sp³-hybridized carbons (Fsp3) is 0.500. The zero-order chi connectivity index (χ0) is 14.1. The molecule has 0 aliphatic heterocycles. The summed E-state index contributed by atoms with van der Waals surface area (Å²) in [4.78, 5) is 13.6. The Hall–Kier alpha value is -1.01. The van der Waals surface area contributed by atoms with Gasteiger partial charge in [-0.3, -0.25) is 4.79 Å². The topological polar surface area (TPSA) is 53.6 Å². The van der Waals surface area contributed by atoms with Crippen LogP contribution in [-0.2, 0) is 4.79 Å². The van der Waals surface area contributed by atoms with Crippen molar-refractivity contribution in [1.29, 1.82) is 0 Å². The maximum atomic E-state index is 11.5. The first-order chi connectivity index (χ1) is 9.11. The highest BCUT2D eigenvalue weighted by Crippen LogP contribution is 2.15. The highest BCUT2D eigenvalue weighted by Gasteiger charge is 2.01. The average Bonchev–Trinajstić information content (AvgIpc) is 2.38. The fourth-order valence-electron chi connectivity index (χ4n) is 1.44. The van der Waals surface area contributed by atoms with Crippen LogP contribution in [0.4, 0.5) is 5.69 Å². The van der Waals surface area contributed by atoms with E-state index in [0.717, 1.165) is 18.0 Å². The molecule has 0 aromatic heterocycles. The van der Waals surface area contributed by atoms with E-state index in [1.54, 1.807) is 0 Å². The molecule has 1 aromatic carbocycles. The number of hydrogen-bond acceptors (Lipinski definition) is 4. The highest BCUT2D eigenvalue weighted by atomic mass is 35.5. The van der Waals surface area contributed by atoms with Crippen LogP contribution in [0, 0.1) is 0 Å². The summed E-state index contributed by atoms with van der Waals surface area (Å²) in [6, 6.07) is 7.43. The van der Waals surface area contributed by atoms with Gasteiger partial charge in [-0.1, -0.05) is 0 Å². The second-order valence-corrected chi connectivity index (χ2v) is 4.58. The van der Waals surface area contributed by atoms with Gasteiger partial charge in [-0.25, -0.2) is 0 Å². The SMILES string of the molecule is CNCCC(=O)Nc1ccc(OCCN(C)C)cc1.Cl.Cl. The van der Waals surface area contributed by atoms with Gasteiger partial charge in [0, 0.05) is 25.2 Å². The molecule has 5 nitrogen and oxygen atoms in total. The first kappa shape index (κ1) is 22.3. The Kier molecular flexibility index (Phi) is 13.5. The van der Waals surface area contributed by atoms with Gasteiger partial charge in [0.2, 0.25) is 5.91 Å². The number of carbonyl (C=O) groups excluding carboxylic acids is 1. The molecule has 0 saturated carbocycles. The van der Waals surface area contributed by atoms with Crippen LogP contribution in [0.3, 0.4) is 0 Å². The lowest BCUT2D eigenvalue weighted by Crippen LogP contribution is -2.19. The van der Waals surface area contributed by atoms with E-state index >= 15 is 0 Å². The van der Waals surface area contributed by atoms with Crippen molar-refractivity contribution >= 4 is 36.4 Å². The number of nitrogens with one attached hydrogen (secondary N) is 2. The molecule has 1 rings (SSSR count). The Morgan fingerprint density at radius 2 is 1.81 bits per heavy atom. The van der Waals surface area contributed by atoms with Gasteiger partial charge in [0.15, 0.2) is 0 Å². The lowest BCUT2D eigenvalue weighted by molar-refractivity contribution is -0.116. The predicted molar refractivity (Wildman–Crippen MR) is 92.2 cm³/mol. The first-order valence-electron chi connectivity index (χ1n) is 6.44. The van der Waals surface area contributed by atoms with Gasteiger partial charge in [0.1, 0.15) is 12.4 Å². The van der Waals surface area contributed by atoms with Crippen molar-refractivity contribution in [3.05, 3.63) is 24.3 Å². The van der Waals surface area contributed by atoms with E-state index in [9.17, 15) is 4.79 Å². The van der Waals surface area contributed by atoms with Gasteiger partial charge in [0.05, 0.1) is 0 Å². The number of nitrogens with zero attached hydrogens (tertiary/aromatic N) is 1. The average molecular weight is 338 g/mol. The number of carbonyl (C=O) groups is 1. The fourth-order valence-corrected chi connectivity index (χ4v) is 1.44. The van der Waals surface area contributed by atoms with Gasteiger partial charge in [-0.15, -0.1) is 24.8 Å². The standard InChI is InChI=1S/C14H23N3O2.2ClH/c1-15-9-8-14(18)16-12-4-6-13(7-5-12)19-11-10-17(2)3;;/h4-7,15H,8-11H2,1-3H3,(H,16,18);2*1H. The molecule has 7 heteroatoms. The van der Waals surface area contributed by atoms with Crippen molar-refractivity contribution in [3.63, 3.8) is 0 Å². The quantitative estimate of drug-likeness (QED) is 0.762. The summed E-state index contributed by atoms with van der Waals surface area (Å²) in [6.45, 7) is 2.21. The van der Waals surface area contributed by atoms with Gasteiger partial charge in [0.25, 0.3) is 0 Å². The number of likely N-dealkylation sites (N-methyl/N-ethyl adjacent to an activating group) is 1. The Morgan fingerprint density at radius 1 is 1.19 bits per heavy atom. The minimum absolute atomic E-state index is 0. The summed E-state index contributed by atoms with van der Waals surface area (Å²) >= 11 is 0. The van der Waals surface area contributed by atoms with Crippen LogP contribution in [0.1, 0.15) is 6.42 Å². The van der Waals surface area contributed by atoms with Crippen LogP contribution >= 0.6 is 24.8 Å². The Balaban J connectivity index is 0. The van der Waals surface area contributed by atoms with Crippen LogP contribution < -0.4 is 15.4 Å². The minimum atomic E-state index is 0. The normalized spacial score (nSPS) is 9.52. The molecule has 0 unspecified atom stereocenters. The van der Waals surface area contributed by atoms with E-state index in [0.29, 0.717) is 19.6 Å². The molecule has 1 aromatic rings. The first-order valence-corrected chi connectivity index (χ1v) is 6.44. The van der Waals surface area contributed by atoms with Gasteiger partial charge < -0.3 is 20.3 Å². The summed E-state index contributed by atoms with van der Waals surface area (Å²) in [7, 11) is 5.84. The minimum Gasteiger partial charge on any atom is -0.492 e. The Bertz CT molecular complexity index is 386. The second-order valence-electron chi connectivity index (χ2n) is 4.58. The smallest absolute Gasteiger partial charge is 0.225 e. The zero-order valence-electron chi connectivity index (χ0n) is 12.7. The van der Waals surface area contributed by atoms with Gasteiger partial charge >= 0.3 is 0 Å². The molecule has 0 bridgehead atoms. The number of hydrogen-bond donors (Lipinski definition) is 2. The highest BCUT2D eigenvalue weighted by molar-refractivity contribution is 5.90. The third-order valence-electron chi connectivity index (χ3n) is 2.55. The lowest BCUT2D eigenvalue weighted by Gasteiger charge is -2.11. The molecule has 0 aliphatic carbocycles. The van der Waals surface area contributed by atoms with E-state index in [2.05, 4.69) is 15.5 Å². The number of amides is 1. The second kappa shape index (κ2) is 12.7. The van der Waals surface area contributed by atoms with Crippen molar-refractivity contribution in [2.45, 2.75) is 6.42 Å². The summed E-state index contributed by atoms with van der Waals surface area (Å²) in [6.07, 6.45) is 0.470. The van der Waals surface area contributed by atoms with Crippen LogP contribution in [-0.4, -0.2) is 51.6 Å². The van der Waals surface area contributed by atoms with Crippen molar-refractivity contribution < 1.29 is 9.53 Å². The van der Waals surface area contributed by atoms with Crippen LogP contribution in [0.15, 0.2) is 24.3 Å². The molecular formula is C14H25Cl2N3O2. The number of benzene rings is 1.